The van der Waals surface area contributed by atoms with E-state index in [1.165, 1.54) is 0 Å². The van der Waals surface area contributed by atoms with Crippen molar-refractivity contribution in [2.75, 3.05) is 54.1 Å². The molecule has 90 valence electrons. The summed E-state index contributed by atoms with van der Waals surface area (Å²) in [5, 5.41) is 3.17. The number of hydrogen-bond acceptors (Lipinski definition) is 4. The summed E-state index contributed by atoms with van der Waals surface area (Å²) in [5.74, 6) is 0. The van der Waals surface area contributed by atoms with E-state index < -0.39 is 0 Å². The molecule has 1 N–H and O–H groups in total. The van der Waals surface area contributed by atoms with Gasteiger partial charge in [0.1, 0.15) is 0 Å². The van der Waals surface area contributed by atoms with Crippen molar-refractivity contribution < 1.29 is 9.47 Å². The van der Waals surface area contributed by atoms with Crippen molar-refractivity contribution in [3.8, 4) is 0 Å². The number of rotatable bonds is 10. The van der Waals surface area contributed by atoms with E-state index in [-0.39, 0.29) is 0 Å². The average molecular weight is 216 g/mol. The van der Waals surface area contributed by atoms with E-state index >= 15 is 0 Å². The van der Waals surface area contributed by atoms with Gasteiger partial charge in [-0.2, -0.15) is 0 Å². The third kappa shape index (κ3) is 6.62. The molecular formula is C11H24N2O2. The molecule has 0 heterocycles. The van der Waals surface area contributed by atoms with Gasteiger partial charge in [0.15, 0.2) is 0 Å². The summed E-state index contributed by atoms with van der Waals surface area (Å²) in [5.41, 5.74) is 0. The highest BCUT2D eigenvalue weighted by Gasteiger charge is 2.15. The van der Waals surface area contributed by atoms with Crippen molar-refractivity contribution in [2.45, 2.75) is 6.04 Å². The smallest absolute Gasteiger partial charge is 0.0630 e. The first-order valence-corrected chi connectivity index (χ1v) is 5.27. The van der Waals surface area contributed by atoms with Crippen molar-refractivity contribution in [1.29, 1.82) is 0 Å². The summed E-state index contributed by atoms with van der Waals surface area (Å²) in [7, 11) is 5.39. The van der Waals surface area contributed by atoms with Crippen LogP contribution in [-0.4, -0.2) is 65.1 Å². The quantitative estimate of drug-likeness (QED) is 0.535. The van der Waals surface area contributed by atoms with Gasteiger partial charge in [-0.15, -0.1) is 6.58 Å². The summed E-state index contributed by atoms with van der Waals surface area (Å²) >= 11 is 0. The topological polar surface area (TPSA) is 33.7 Å². The monoisotopic (exact) mass is 216 g/mol. The highest BCUT2D eigenvalue weighted by atomic mass is 16.5. The van der Waals surface area contributed by atoms with Gasteiger partial charge in [-0.3, -0.25) is 4.90 Å². The SMILES string of the molecule is C=CCN(CCOC)C(CNC)COC. The molecule has 0 saturated carbocycles. The second kappa shape index (κ2) is 10.1. The van der Waals surface area contributed by atoms with Gasteiger partial charge in [-0.05, 0) is 7.05 Å². The maximum atomic E-state index is 5.21. The van der Waals surface area contributed by atoms with E-state index in [1.807, 2.05) is 13.1 Å². The summed E-state index contributed by atoms with van der Waals surface area (Å²) in [4.78, 5) is 2.30. The van der Waals surface area contributed by atoms with Gasteiger partial charge in [0.2, 0.25) is 0 Å². The van der Waals surface area contributed by atoms with Crippen LogP contribution in [0.25, 0.3) is 0 Å². The minimum Gasteiger partial charge on any atom is -0.383 e. The predicted molar refractivity (Wildman–Crippen MR) is 63.2 cm³/mol. The molecule has 0 aliphatic rings. The van der Waals surface area contributed by atoms with Gasteiger partial charge in [0.05, 0.1) is 13.2 Å². The molecule has 15 heavy (non-hydrogen) atoms. The van der Waals surface area contributed by atoms with E-state index in [2.05, 4.69) is 16.8 Å². The van der Waals surface area contributed by atoms with Gasteiger partial charge < -0.3 is 14.8 Å². The molecule has 1 atom stereocenters. The van der Waals surface area contributed by atoms with Crippen LogP contribution in [0.1, 0.15) is 0 Å². The zero-order valence-electron chi connectivity index (χ0n) is 10.2. The van der Waals surface area contributed by atoms with Gasteiger partial charge in [-0.1, -0.05) is 6.08 Å². The molecule has 0 aromatic heterocycles. The second-order valence-electron chi connectivity index (χ2n) is 3.44. The Hall–Kier alpha value is -0.420. The highest BCUT2D eigenvalue weighted by molar-refractivity contribution is 4.80. The van der Waals surface area contributed by atoms with E-state index in [1.54, 1.807) is 14.2 Å². The lowest BCUT2D eigenvalue weighted by atomic mass is 10.2. The van der Waals surface area contributed by atoms with Crippen LogP contribution in [0.4, 0.5) is 0 Å². The van der Waals surface area contributed by atoms with Crippen LogP contribution in [0.15, 0.2) is 12.7 Å². The maximum Gasteiger partial charge on any atom is 0.0630 e. The number of nitrogens with zero attached hydrogens (tertiary/aromatic N) is 1. The number of likely N-dealkylation sites (N-methyl/N-ethyl adjacent to an activating group) is 1. The molecule has 0 aromatic carbocycles. The Morgan fingerprint density at radius 3 is 2.60 bits per heavy atom. The van der Waals surface area contributed by atoms with Crippen molar-refractivity contribution in [1.82, 2.24) is 10.2 Å². The van der Waals surface area contributed by atoms with Gasteiger partial charge in [-0.25, -0.2) is 0 Å². The Kier molecular flexibility index (Phi) is 9.83. The molecule has 1 unspecified atom stereocenters. The Bertz CT molecular complexity index is 148. The van der Waals surface area contributed by atoms with Crippen LogP contribution in [0.3, 0.4) is 0 Å². The Labute approximate surface area is 93.2 Å². The first-order valence-electron chi connectivity index (χ1n) is 5.27. The first kappa shape index (κ1) is 14.6. The molecule has 0 aliphatic carbocycles. The Balaban J connectivity index is 4.15. The zero-order chi connectivity index (χ0) is 11.5. The van der Waals surface area contributed by atoms with Gasteiger partial charge in [0, 0.05) is 39.9 Å². The molecule has 0 amide bonds. The van der Waals surface area contributed by atoms with Crippen LogP contribution in [-0.2, 0) is 9.47 Å². The molecule has 0 aromatic rings. The minimum absolute atomic E-state index is 0.369. The van der Waals surface area contributed by atoms with Crippen molar-refractivity contribution >= 4 is 0 Å². The van der Waals surface area contributed by atoms with Gasteiger partial charge >= 0.3 is 0 Å². The lowest BCUT2D eigenvalue weighted by Crippen LogP contribution is -2.45. The summed E-state index contributed by atoms with van der Waals surface area (Å²) in [6, 6.07) is 0.369. The van der Waals surface area contributed by atoms with Crippen LogP contribution >= 0.6 is 0 Å². The third-order valence-electron chi connectivity index (χ3n) is 2.26. The largest absolute Gasteiger partial charge is 0.383 e. The molecule has 0 bridgehead atoms. The fraction of sp³-hybridized carbons (Fsp3) is 0.818. The third-order valence-corrected chi connectivity index (χ3v) is 2.26. The predicted octanol–water partition coefficient (Wildman–Crippen LogP) is 0.355. The number of hydrogen-bond donors (Lipinski definition) is 1. The van der Waals surface area contributed by atoms with E-state index in [9.17, 15) is 0 Å². The first-order chi connectivity index (χ1) is 7.29. The average Bonchev–Trinajstić information content (AvgIpc) is 2.24. The summed E-state index contributed by atoms with van der Waals surface area (Å²) < 4.78 is 10.3. The van der Waals surface area contributed by atoms with Crippen molar-refractivity contribution in [3.05, 3.63) is 12.7 Å². The summed E-state index contributed by atoms with van der Waals surface area (Å²) in [6.07, 6.45) is 1.91. The van der Waals surface area contributed by atoms with Crippen LogP contribution in [0.5, 0.6) is 0 Å². The fourth-order valence-corrected chi connectivity index (χ4v) is 1.52. The molecule has 0 aliphatic heterocycles. The van der Waals surface area contributed by atoms with Crippen molar-refractivity contribution in [2.24, 2.45) is 0 Å². The second-order valence-corrected chi connectivity index (χ2v) is 3.44. The van der Waals surface area contributed by atoms with Crippen molar-refractivity contribution in [3.63, 3.8) is 0 Å². The number of methoxy groups -OCH3 is 2. The standard InChI is InChI=1S/C11H24N2O2/c1-5-6-13(7-8-14-3)11(9-12-2)10-15-4/h5,11-12H,1,6-10H2,2-4H3. The molecule has 0 rings (SSSR count). The van der Waals surface area contributed by atoms with E-state index in [0.29, 0.717) is 6.04 Å². The van der Waals surface area contributed by atoms with E-state index in [4.69, 9.17) is 9.47 Å². The number of ether oxygens (including phenoxy) is 2. The van der Waals surface area contributed by atoms with Crippen LogP contribution in [0.2, 0.25) is 0 Å². The Morgan fingerprint density at radius 1 is 1.40 bits per heavy atom. The highest BCUT2D eigenvalue weighted by Crippen LogP contribution is 2.00. The molecule has 4 heteroatoms. The summed E-state index contributed by atoms with van der Waals surface area (Å²) in [6.45, 7) is 7.89. The molecule has 4 nitrogen and oxygen atoms in total. The lowest BCUT2D eigenvalue weighted by Gasteiger charge is -2.29. The lowest BCUT2D eigenvalue weighted by molar-refractivity contribution is 0.0751. The molecule has 0 spiro atoms. The number of nitrogens with one attached hydrogen (secondary N) is 1. The zero-order valence-corrected chi connectivity index (χ0v) is 10.2. The normalized spacial score (nSPS) is 13.1. The molecule has 0 saturated heterocycles. The van der Waals surface area contributed by atoms with E-state index in [0.717, 1.165) is 32.8 Å². The minimum atomic E-state index is 0.369. The molecule has 0 radical (unpaired) electrons. The fourth-order valence-electron chi connectivity index (χ4n) is 1.52. The Morgan fingerprint density at radius 2 is 2.13 bits per heavy atom. The molecule has 0 fully saturated rings. The van der Waals surface area contributed by atoms with Gasteiger partial charge in [0.25, 0.3) is 0 Å². The van der Waals surface area contributed by atoms with Crippen LogP contribution in [0, 0.1) is 0 Å². The van der Waals surface area contributed by atoms with Crippen LogP contribution < -0.4 is 5.32 Å². The maximum absolute atomic E-state index is 5.21. The molecular weight excluding hydrogens is 192 g/mol.